The smallest absolute Gasteiger partial charge is 0.270 e. The standard InChI is InChI=1S/C25H21ClN6O5S/c1-36-20-8-3-16(4-9-20)24-29-30-25(31(24)18-5-10-21(37-2)11-6-18)38-15-23(33)28-27-14-17-13-19(32(34)35)7-12-22(17)26/h3-14H,15H2,1-2H3,(H,28,33)/b27-14-. The van der Waals surface area contributed by atoms with Gasteiger partial charge in [0.15, 0.2) is 11.0 Å². The Morgan fingerprint density at radius 3 is 2.37 bits per heavy atom. The van der Waals surface area contributed by atoms with Gasteiger partial charge in [-0.15, -0.1) is 10.2 Å². The van der Waals surface area contributed by atoms with Crippen LogP contribution in [0.4, 0.5) is 5.69 Å². The average Bonchev–Trinajstić information content (AvgIpc) is 3.36. The number of non-ortho nitro benzene ring substituents is 1. The normalized spacial score (nSPS) is 10.9. The highest BCUT2D eigenvalue weighted by atomic mass is 35.5. The first kappa shape index (κ1) is 26.6. The van der Waals surface area contributed by atoms with Gasteiger partial charge in [-0.2, -0.15) is 5.10 Å². The maximum absolute atomic E-state index is 12.5. The van der Waals surface area contributed by atoms with Gasteiger partial charge in [0, 0.05) is 34.0 Å². The third-order valence-electron chi connectivity index (χ3n) is 5.23. The largest absolute Gasteiger partial charge is 0.497 e. The Balaban J connectivity index is 1.52. The van der Waals surface area contributed by atoms with Crippen molar-refractivity contribution in [1.82, 2.24) is 20.2 Å². The van der Waals surface area contributed by atoms with Crippen LogP contribution in [0.2, 0.25) is 5.02 Å². The average molecular weight is 553 g/mol. The zero-order valence-corrected chi connectivity index (χ0v) is 21.8. The number of aromatic nitrogens is 3. The summed E-state index contributed by atoms with van der Waals surface area (Å²) in [6, 6.07) is 18.7. The summed E-state index contributed by atoms with van der Waals surface area (Å²) >= 11 is 7.23. The number of carbonyl (C=O) groups excluding carboxylic acids is 1. The van der Waals surface area contributed by atoms with E-state index >= 15 is 0 Å². The van der Waals surface area contributed by atoms with Gasteiger partial charge in [0.1, 0.15) is 11.5 Å². The van der Waals surface area contributed by atoms with Crippen molar-refractivity contribution in [1.29, 1.82) is 0 Å². The number of methoxy groups -OCH3 is 2. The molecule has 0 unspecified atom stereocenters. The van der Waals surface area contributed by atoms with Crippen LogP contribution in [0.25, 0.3) is 17.1 Å². The second-order valence-electron chi connectivity index (χ2n) is 7.61. The van der Waals surface area contributed by atoms with Crippen molar-refractivity contribution in [2.75, 3.05) is 20.0 Å². The molecule has 0 aliphatic heterocycles. The topological polar surface area (TPSA) is 134 Å². The summed E-state index contributed by atoms with van der Waals surface area (Å²) < 4.78 is 12.3. The van der Waals surface area contributed by atoms with E-state index in [-0.39, 0.29) is 16.5 Å². The number of hydrogen-bond donors (Lipinski definition) is 1. The lowest BCUT2D eigenvalue weighted by atomic mass is 10.2. The molecular formula is C25H21ClN6O5S. The second-order valence-corrected chi connectivity index (χ2v) is 8.96. The lowest BCUT2D eigenvalue weighted by molar-refractivity contribution is -0.384. The lowest BCUT2D eigenvalue weighted by Crippen LogP contribution is -2.20. The lowest BCUT2D eigenvalue weighted by Gasteiger charge is -2.11. The van der Waals surface area contributed by atoms with Crippen molar-refractivity contribution in [3.05, 3.63) is 87.4 Å². The van der Waals surface area contributed by atoms with Crippen molar-refractivity contribution in [2.24, 2.45) is 5.10 Å². The molecule has 4 aromatic rings. The van der Waals surface area contributed by atoms with Crippen molar-refractivity contribution >= 4 is 41.2 Å². The fourth-order valence-electron chi connectivity index (χ4n) is 3.33. The molecule has 1 aromatic heterocycles. The maximum Gasteiger partial charge on any atom is 0.270 e. The summed E-state index contributed by atoms with van der Waals surface area (Å²) in [6.07, 6.45) is 1.25. The quantitative estimate of drug-likeness (QED) is 0.129. The molecule has 0 saturated carbocycles. The second kappa shape index (κ2) is 12.2. The summed E-state index contributed by atoms with van der Waals surface area (Å²) in [5, 5.41) is 24.3. The van der Waals surface area contributed by atoms with E-state index in [1.165, 1.54) is 36.2 Å². The van der Waals surface area contributed by atoms with Crippen LogP contribution in [0.5, 0.6) is 11.5 Å². The minimum absolute atomic E-state index is 0.0170. The number of amides is 1. The van der Waals surface area contributed by atoms with Crippen LogP contribution >= 0.6 is 23.4 Å². The van der Waals surface area contributed by atoms with Crippen LogP contribution < -0.4 is 14.9 Å². The first-order chi connectivity index (χ1) is 18.4. The first-order valence-electron chi connectivity index (χ1n) is 11.0. The number of halogens is 1. The molecule has 0 atom stereocenters. The van der Waals surface area contributed by atoms with Crippen LogP contribution in [-0.4, -0.2) is 51.8 Å². The van der Waals surface area contributed by atoms with Gasteiger partial charge in [0.25, 0.3) is 11.6 Å². The van der Waals surface area contributed by atoms with Gasteiger partial charge >= 0.3 is 0 Å². The number of nitrogens with one attached hydrogen (secondary N) is 1. The SMILES string of the molecule is COc1ccc(-c2nnc(SCC(=O)N/N=C\c3cc([N+](=O)[O-])ccc3Cl)n2-c2ccc(OC)cc2)cc1. The number of hydrazone groups is 1. The predicted octanol–water partition coefficient (Wildman–Crippen LogP) is 4.76. The fraction of sp³-hybridized carbons (Fsp3) is 0.120. The molecule has 0 fully saturated rings. The molecule has 4 rings (SSSR count). The predicted molar refractivity (Wildman–Crippen MR) is 144 cm³/mol. The molecule has 0 bridgehead atoms. The van der Waals surface area contributed by atoms with Crippen LogP contribution in [0, 0.1) is 10.1 Å². The molecule has 0 spiro atoms. The van der Waals surface area contributed by atoms with Gasteiger partial charge in [0.05, 0.1) is 31.1 Å². The Labute approximate surface area is 226 Å². The summed E-state index contributed by atoms with van der Waals surface area (Å²) in [7, 11) is 3.18. The molecule has 1 N–H and O–H groups in total. The maximum atomic E-state index is 12.5. The van der Waals surface area contributed by atoms with Crippen molar-refractivity contribution in [3.8, 4) is 28.6 Å². The Morgan fingerprint density at radius 1 is 1.08 bits per heavy atom. The molecule has 0 aliphatic carbocycles. The third-order valence-corrected chi connectivity index (χ3v) is 6.50. The van der Waals surface area contributed by atoms with Crippen molar-refractivity contribution in [3.63, 3.8) is 0 Å². The summed E-state index contributed by atoms with van der Waals surface area (Å²) in [6.45, 7) is 0. The molecule has 194 valence electrons. The molecule has 0 saturated heterocycles. The Hall–Kier alpha value is -4.42. The van der Waals surface area contributed by atoms with Crippen LogP contribution in [-0.2, 0) is 4.79 Å². The van der Waals surface area contributed by atoms with E-state index in [4.69, 9.17) is 21.1 Å². The van der Waals surface area contributed by atoms with Gasteiger partial charge < -0.3 is 9.47 Å². The van der Waals surface area contributed by atoms with Crippen LogP contribution in [0.1, 0.15) is 5.56 Å². The summed E-state index contributed by atoms with van der Waals surface area (Å²) in [5.41, 5.74) is 4.15. The van der Waals surface area contributed by atoms with Crippen molar-refractivity contribution < 1.29 is 19.2 Å². The number of thioether (sulfide) groups is 1. The minimum Gasteiger partial charge on any atom is -0.497 e. The van der Waals surface area contributed by atoms with Gasteiger partial charge in [-0.05, 0) is 54.6 Å². The van der Waals surface area contributed by atoms with E-state index in [0.717, 1.165) is 11.3 Å². The van der Waals surface area contributed by atoms with E-state index in [9.17, 15) is 14.9 Å². The van der Waals surface area contributed by atoms with Crippen LogP contribution in [0.3, 0.4) is 0 Å². The molecule has 1 heterocycles. The molecule has 1 amide bonds. The first-order valence-corrected chi connectivity index (χ1v) is 12.4. The molecule has 13 heteroatoms. The zero-order chi connectivity index (χ0) is 27.1. The number of ether oxygens (including phenoxy) is 2. The molecule has 0 aliphatic rings. The number of benzene rings is 3. The summed E-state index contributed by atoms with van der Waals surface area (Å²) in [5.74, 6) is 1.56. The number of carbonyl (C=O) groups is 1. The van der Waals surface area contributed by atoms with Gasteiger partial charge in [-0.1, -0.05) is 23.4 Å². The Kier molecular flexibility index (Phi) is 8.56. The Morgan fingerprint density at radius 2 is 1.74 bits per heavy atom. The van der Waals surface area contributed by atoms with Gasteiger partial charge in [-0.25, -0.2) is 5.43 Å². The van der Waals surface area contributed by atoms with E-state index in [1.807, 2.05) is 53.1 Å². The van der Waals surface area contributed by atoms with E-state index in [0.29, 0.717) is 28.0 Å². The molecule has 38 heavy (non-hydrogen) atoms. The highest BCUT2D eigenvalue weighted by Crippen LogP contribution is 2.30. The van der Waals surface area contributed by atoms with Gasteiger partial charge in [0.2, 0.25) is 0 Å². The number of nitro groups is 1. The minimum atomic E-state index is -0.540. The molecule has 11 nitrogen and oxygen atoms in total. The summed E-state index contributed by atoms with van der Waals surface area (Å²) in [4.78, 5) is 22.9. The van der Waals surface area contributed by atoms with E-state index < -0.39 is 10.8 Å². The highest BCUT2D eigenvalue weighted by Gasteiger charge is 2.18. The van der Waals surface area contributed by atoms with Crippen molar-refractivity contribution in [2.45, 2.75) is 5.16 Å². The number of nitrogens with zero attached hydrogens (tertiary/aromatic N) is 5. The number of rotatable bonds is 10. The van der Waals surface area contributed by atoms with Crippen LogP contribution in [0.15, 0.2) is 77.0 Å². The van der Waals surface area contributed by atoms with E-state index in [1.54, 1.807) is 14.2 Å². The zero-order valence-electron chi connectivity index (χ0n) is 20.2. The molecular weight excluding hydrogens is 532 g/mol. The van der Waals surface area contributed by atoms with Gasteiger partial charge in [-0.3, -0.25) is 19.5 Å². The molecule has 0 radical (unpaired) electrons. The molecule has 3 aromatic carbocycles. The number of nitro benzene ring substituents is 1. The fourth-order valence-corrected chi connectivity index (χ4v) is 4.24. The Bertz CT molecular complexity index is 1470. The number of hydrogen-bond acceptors (Lipinski definition) is 9. The highest BCUT2D eigenvalue weighted by molar-refractivity contribution is 7.99. The van der Waals surface area contributed by atoms with E-state index in [2.05, 4.69) is 20.7 Å². The third kappa shape index (κ3) is 6.28. The monoisotopic (exact) mass is 552 g/mol.